The van der Waals surface area contributed by atoms with Gasteiger partial charge < -0.3 is 25.8 Å². The number of nitrogens with one attached hydrogen (secondary N) is 3. The van der Waals surface area contributed by atoms with Crippen molar-refractivity contribution in [3.63, 3.8) is 0 Å². The number of benzene rings is 2. The molecule has 2 fully saturated rings. The molecule has 4 heterocycles. The minimum absolute atomic E-state index is 0.0113. The third-order valence-electron chi connectivity index (χ3n) is 9.47. The highest BCUT2D eigenvalue weighted by Gasteiger charge is 2.27. The number of nitrogens with zero attached hydrogens (tertiary/aromatic N) is 5. The highest BCUT2D eigenvalue weighted by Crippen LogP contribution is 2.32. The maximum absolute atomic E-state index is 14.4. The summed E-state index contributed by atoms with van der Waals surface area (Å²) < 4.78 is 22.1. The summed E-state index contributed by atoms with van der Waals surface area (Å²) in [5.74, 6) is -0.716. The van der Waals surface area contributed by atoms with Crippen LogP contribution >= 0.6 is 0 Å². The van der Waals surface area contributed by atoms with Crippen LogP contribution in [0.5, 0.6) is 17.4 Å². The number of carbonyl (C=O) groups is 2. The second-order valence-electron chi connectivity index (χ2n) is 13.6. The van der Waals surface area contributed by atoms with Crippen LogP contribution in [0.2, 0.25) is 0 Å². The lowest BCUT2D eigenvalue weighted by Crippen LogP contribution is -2.53. The number of phenolic OH excluding ortho intramolecular Hbond substituents is 1. The van der Waals surface area contributed by atoms with Crippen molar-refractivity contribution in [1.82, 2.24) is 40.4 Å². The highest BCUT2D eigenvalue weighted by atomic mass is 19.1. The molecule has 13 heteroatoms. The van der Waals surface area contributed by atoms with E-state index >= 15 is 0 Å². The molecule has 2 atom stereocenters. The molecular weight excluding hydrogens is 651 g/mol. The number of hydrogen-bond donors (Lipinski definition) is 4. The largest absolute Gasteiger partial charge is 0.508 e. The number of hydrogen-bond acceptors (Lipinski definition) is 9. The molecular formula is C38H41FN8O4. The van der Waals surface area contributed by atoms with Gasteiger partial charge in [0.25, 0.3) is 11.8 Å². The van der Waals surface area contributed by atoms with Gasteiger partial charge in [-0.3, -0.25) is 14.5 Å². The van der Waals surface area contributed by atoms with Gasteiger partial charge >= 0.3 is 0 Å². The van der Waals surface area contributed by atoms with Gasteiger partial charge in [-0.1, -0.05) is 18.2 Å². The normalized spacial score (nSPS) is 20.9. The van der Waals surface area contributed by atoms with Crippen molar-refractivity contribution in [1.29, 1.82) is 0 Å². The van der Waals surface area contributed by atoms with Crippen molar-refractivity contribution in [3.05, 3.63) is 102 Å². The number of ether oxygens (including phenoxy) is 1. The number of rotatable bonds is 9. The predicted molar refractivity (Wildman–Crippen MR) is 189 cm³/mol. The van der Waals surface area contributed by atoms with Crippen molar-refractivity contribution < 1.29 is 23.8 Å². The van der Waals surface area contributed by atoms with Crippen LogP contribution in [0.25, 0.3) is 16.8 Å². The monoisotopic (exact) mass is 692 g/mol. The molecule has 2 aromatic carbocycles. The summed E-state index contributed by atoms with van der Waals surface area (Å²) in [6.07, 6.45) is 8.46. The molecule has 1 saturated carbocycles. The molecule has 1 saturated heterocycles. The summed E-state index contributed by atoms with van der Waals surface area (Å²) in [5.41, 5.74) is 3.47. The van der Waals surface area contributed by atoms with Gasteiger partial charge in [0.2, 0.25) is 5.88 Å². The third-order valence-corrected chi connectivity index (χ3v) is 9.47. The van der Waals surface area contributed by atoms with Crippen LogP contribution in [0.15, 0.2) is 79.4 Å². The Morgan fingerprint density at radius 2 is 1.61 bits per heavy atom. The molecule has 264 valence electrons. The quantitative estimate of drug-likeness (QED) is 0.166. The summed E-state index contributed by atoms with van der Waals surface area (Å²) in [5, 5.41) is 24.5. The Balaban J connectivity index is 0.987. The minimum Gasteiger partial charge on any atom is -0.508 e. The minimum atomic E-state index is -0.653. The first-order chi connectivity index (χ1) is 24.7. The van der Waals surface area contributed by atoms with Crippen molar-refractivity contribution >= 4 is 17.5 Å². The standard InChI is InChI=1S/C38H41FN8O4/c1-23-20-46(21-24(2)43-23)22-27-15-26(7-12-34(27)48)25-5-3-6-31(16-25)51-38-32(17-28(39)18-41-38)36(49)44-29-8-10-30(11-9-29)45-37(50)33-19-42-47-14-4-13-40-35(33)47/h3-7,12-19,23-24,29-30,43,48H,8-11,20-22H2,1-2H3,(H,44,49)(H,45,50)/t23-,24+,29-,30-. The number of aromatic nitrogens is 4. The molecule has 5 aromatic rings. The number of phenols is 1. The first kappa shape index (κ1) is 34.1. The number of carbonyl (C=O) groups excluding carboxylic acids is 2. The van der Waals surface area contributed by atoms with E-state index in [-0.39, 0.29) is 35.2 Å². The summed E-state index contributed by atoms with van der Waals surface area (Å²) in [7, 11) is 0. The van der Waals surface area contributed by atoms with Gasteiger partial charge in [-0.2, -0.15) is 5.10 Å². The molecule has 12 nitrogen and oxygen atoms in total. The van der Waals surface area contributed by atoms with Crippen molar-refractivity contribution in [2.24, 2.45) is 0 Å². The topological polar surface area (TPSA) is 146 Å². The lowest BCUT2D eigenvalue weighted by molar-refractivity contribution is 0.0890. The molecule has 0 radical (unpaired) electrons. The average Bonchev–Trinajstić information content (AvgIpc) is 3.55. The lowest BCUT2D eigenvalue weighted by Gasteiger charge is -2.36. The van der Waals surface area contributed by atoms with E-state index in [1.165, 1.54) is 6.20 Å². The first-order valence-electron chi connectivity index (χ1n) is 17.3. The van der Waals surface area contributed by atoms with E-state index in [9.17, 15) is 19.1 Å². The Labute approximate surface area is 295 Å². The van der Waals surface area contributed by atoms with Crippen LogP contribution < -0.4 is 20.7 Å². The fraction of sp³-hybridized carbons (Fsp3) is 0.342. The van der Waals surface area contributed by atoms with Gasteiger partial charge in [0.15, 0.2) is 5.65 Å². The molecule has 1 aliphatic carbocycles. The third kappa shape index (κ3) is 8.00. The van der Waals surface area contributed by atoms with E-state index in [4.69, 9.17) is 4.74 Å². The Morgan fingerprint density at radius 1 is 0.902 bits per heavy atom. The zero-order valence-corrected chi connectivity index (χ0v) is 28.6. The van der Waals surface area contributed by atoms with E-state index < -0.39 is 11.7 Å². The van der Waals surface area contributed by atoms with E-state index in [2.05, 4.69) is 49.8 Å². The van der Waals surface area contributed by atoms with Gasteiger partial charge in [0.1, 0.15) is 28.4 Å². The number of fused-ring (bicyclic) bond motifs is 1. The zero-order valence-electron chi connectivity index (χ0n) is 28.6. The number of pyridine rings is 1. The molecule has 1 aliphatic heterocycles. The van der Waals surface area contributed by atoms with Gasteiger partial charge in [-0.25, -0.2) is 18.9 Å². The first-order valence-corrected chi connectivity index (χ1v) is 17.3. The zero-order chi connectivity index (χ0) is 35.5. The molecule has 2 amide bonds. The smallest absolute Gasteiger partial charge is 0.257 e. The van der Waals surface area contributed by atoms with Crippen LogP contribution in [0.4, 0.5) is 4.39 Å². The van der Waals surface area contributed by atoms with E-state index in [0.29, 0.717) is 61.3 Å². The molecule has 7 rings (SSSR count). The maximum Gasteiger partial charge on any atom is 0.257 e. The molecule has 2 aliphatic rings. The predicted octanol–water partition coefficient (Wildman–Crippen LogP) is 5.08. The molecule has 4 N–H and O–H groups in total. The van der Waals surface area contributed by atoms with Crippen LogP contribution in [0, 0.1) is 5.82 Å². The number of aromatic hydroxyl groups is 1. The van der Waals surface area contributed by atoms with Crippen molar-refractivity contribution in [2.45, 2.75) is 70.2 Å². The van der Waals surface area contributed by atoms with Gasteiger partial charge in [0.05, 0.1) is 12.4 Å². The summed E-state index contributed by atoms with van der Waals surface area (Å²) in [6.45, 7) is 6.73. The molecule has 51 heavy (non-hydrogen) atoms. The Hall–Kier alpha value is -5.40. The highest BCUT2D eigenvalue weighted by molar-refractivity contribution is 5.99. The van der Waals surface area contributed by atoms with Crippen LogP contribution in [-0.4, -0.2) is 78.7 Å². The lowest BCUT2D eigenvalue weighted by atomic mass is 9.91. The summed E-state index contributed by atoms with van der Waals surface area (Å²) in [6, 6.07) is 16.3. The molecule has 0 unspecified atom stereocenters. The van der Waals surface area contributed by atoms with Gasteiger partial charge in [-0.15, -0.1) is 0 Å². The van der Waals surface area contributed by atoms with E-state index in [0.717, 1.165) is 42.0 Å². The van der Waals surface area contributed by atoms with Gasteiger partial charge in [-0.05, 0) is 87.1 Å². The number of amides is 2. The molecule has 0 spiro atoms. The fourth-order valence-corrected chi connectivity index (χ4v) is 7.12. The van der Waals surface area contributed by atoms with Gasteiger partial charge in [0, 0.05) is 61.8 Å². The van der Waals surface area contributed by atoms with Crippen LogP contribution in [0.1, 0.15) is 65.8 Å². The Bertz CT molecular complexity index is 2040. The molecule has 0 bridgehead atoms. The van der Waals surface area contributed by atoms with Crippen molar-refractivity contribution in [3.8, 4) is 28.5 Å². The average molecular weight is 693 g/mol. The number of piperazine rings is 1. The van der Waals surface area contributed by atoms with Crippen LogP contribution in [0.3, 0.4) is 0 Å². The second-order valence-corrected chi connectivity index (χ2v) is 13.6. The number of halogens is 1. The SMILES string of the molecule is C[C@@H]1CN(Cc2cc(-c3cccc(Oc4ncc(F)cc4C(=O)N[C@H]4CC[C@H](NC(=O)c5cnn6cccnc56)CC4)c3)ccc2O)C[C@H](C)N1. The van der Waals surface area contributed by atoms with E-state index in [1.807, 2.05) is 30.3 Å². The fourth-order valence-electron chi connectivity index (χ4n) is 7.12. The Morgan fingerprint density at radius 3 is 2.35 bits per heavy atom. The van der Waals surface area contributed by atoms with Crippen LogP contribution in [-0.2, 0) is 6.54 Å². The van der Waals surface area contributed by atoms with Crippen molar-refractivity contribution in [2.75, 3.05) is 13.1 Å². The molecule has 3 aromatic heterocycles. The summed E-state index contributed by atoms with van der Waals surface area (Å²) in [4.78, 5) is 37.1. The van der Waals surface area contributed by atoms with E-state index in [1.54, 1.807) is 35.1 Å². The second kappa shape index (κ2) is 14.8. The maximum atomic E-state index is 14.4. The summed E-state index contributed by atoms with van der Waals surface area (Å²) >= 11 is 0. The Kier molecular flexibility index (Phi) is 9.91.